The van der Waals surface area contributed by atoms with Crippen molar-refractivity contribution in [1.82, 2.24) is 15.1 Å². The normalized spacial score (nSPS) is 17.1. The summed E-state index contributed by atoms with van der Waals surface area (Å²) >= 11 is 0. The van der Waals surface area contributed by atoms with Crippen LogP contribution >= 0.6 is 0 Å². The van der Waals surface area contributed by atoms with Gasteiger partial charge < -0.3 is 5.32 Å². The summed E-state index contributed by atoms with van der Waals surface area (Å²) in [6.07, 6.45) is 0. The highest BCUT2D eigenvalue weighted by atomic mass is 16.1. The molecule has 0 bridgehead atoms. The van der Waals surface area contributed by atoms with Crippen molar-refractivity contribution in [2.24, 2.45) is 0 Å². The van der Waals surface area contributed by atoms with E-state index in [1.807, 2.05) is 0 Å². The standard InChI is InChI=1S/C17H27N3O/c1-14(2)16-6-4-5-15(11-16)12-19-7-9-20(10-8-19)13-17(21)18-3/h4-6,11,14H,7-10,12-13H2,1-3H3,(H,18,21). The predicted octanol–water partition coefficient (Wildman–Crippen LogP) is 1.67. The van der Waals surface area contributed by atoms with Crippen molar-refractivity contribution >= 4 is 5.91 Å². The van der Waals surface area contributed by atoms with Crippen LogP contribution in [0.4, 0.5) is 0 Å². The fraction of sp³-hybridized carbons (Fsp3) is 0.588. The maximum atomic E-state index is 11.4. The quantitative estimate of drug-likeness (QED) is 0.896. The highest BCUT2D eigenvalue weighted by Gasteiger charge is 2.18. The van der Waals surface area contributed by atoms with Crippen LogP contribution in [-0.2, 0) is 11.3 Å². The first-order chi connectivity index (χ1) is 10.1. The smallest absolute Gasteiger partial charge is 0.233 e. The van der Waals surface area contributed by atoms with Crippen LogP contribution in [-0.4, -0.2) is 55.5 Å². The zero-order valence-electron chi connectivity index (χ0n) is 13.4. The summed E-state index contributed by atoms with van der Waals surface area (Å²) < 4.78 is 0. The summed E-state index contributed by atoms with van der Waals surface area (Å²) in [6, 6.07) is 8.90. The van der Waals surface area contributed by atoms with Gasteiger partial charge in [-0.15, -0.1) is 0 Å². The minimum Gasteiger partial charge on any atom is -0.358 e. The molecule has 1 fully saturated rings. The molecule has 1 aliphatic heterocycles. The first-order valence-electron chi connectivity index (χ1n) is 7.82. The van der Waals surface area contributed by atoms with Gasteiger partial charge in [0.05, 0.1) is 6.54 Å². The lowest BCUT2D eigenvalue weighted by Gasteiger charge is -2.34. The van der Waals surface area contributed by atoms with Crippen LogP contribution in [0.1, 0.15) is 30.9 Å². The van der Waals surface area contributed by atoms with Gasteiger partial charge in [0, 0.05) is 39.8 Å². The van der Waals surface area contributed by atoms with Crippen LogP contribution in [0, 0.1) is 0 Å². The van der Waals surface area contributed by atoms with Crippen molar-refractivity contribution in [3.63, 3.8) is 0 Å². The number of hydrogen-bond donors (Lipinski definition) is 1. The van der Waals surface area contributed by atoms with Gasteiger partial charge in [-0.25, -0.2) is 0 Å². The van der Waals surface area contributed by atoms with E-state index in [1.165, 1.54) is 11.1 Å². The average molecular weight is 289 g/mol. The molecule has 1 aromatic carbocycles. The molecule has 1 heterocycles. The van der Waals surface area contributed by atoms with Crippen LogP contribution in [0.3, 0.4) is 0 Å². The maximum absolute atomic E-state index is 11.4. The van der Waals surface area contributed by atoms with E-state index in [4.69, 9.17) is 0 Å². The van der Waals surface area contributed by atoms with E-state index in [-0.39, 0.29) is 5.91 Å². The number of carbonyl (C=O) groups excluding carboxylic acids is 1. The van der Waals surface area contributed by atoms with Crippen LogP contribution in [0.15, 0.2) is 24.3 Å². The van der Waals surface area contributed by atoms with Crippen LogP contribution < -0.4 is 5.32 Å². The number of likely N-dealkylation sites (N-methyl/N-ethyl adjacent to an activating group) is 1. The van der Waals surface area contributed by atoms with E-state index >= 15 is 0 Å². The zero-order valence-corrected chi connectivity index (χ0v) is 13.4. The molecule has 0 saturated carbocycles. The van der Waals surface area contributed by atoms with E-state index in [0.717, 1.165) is 32.7 Å². The van der Waals surface area contributed by atoms with Gasteiger partial charge in [-0.1, -0.05) is 38.1 Å². The Bertz CT molecular complexity index is 465. The molecule has 0 unspecified atom stereocenters. The van der Waals surface area contributed by atoms with Crippen molar-refractivity contribution in [2.45, 2.75) is 26.3 Å². The van der Waals surface area contributed by atoms with Gasteiger partial charge >= 0.3 is 0 Å². The number of hydrogen-bond acceptors (Lipinski definition) is 3. The van der Waals surface area contributed by atoms with E-state index in [0.29, 0.717) is 12.5 Å². The van der Waals surface area contributed by atoms with E-state index in [9.17, 15) is 4.79 Å². The molecular formula is C17H27N3O. The van der Waals surface area contributed by atoms with Crippen LogP contribution in [0.5, 0.6) is 0 Å². The van der Waals surface area contributed by atoms with Crippen molar-refractivity contribution < 1.29 is 4.79 Å². The topological polar surface area (TPSA) is 35.6 Å². The lowest BCUT2D eigenvalue weighted by atomic mass is 10.0. The number of rotatable bonds is 5. The maximum Gasteiger partial charge on any atom is 0.233 e. The second-order valence-corrected chi connectivity index (χ2v) is 6.13. The van der Waals surface area contributed by atoms with Crippen LogP contribution in [0.25, 0.3) is 0 Å². The Balaban J connectivity index is 1.83. The minimum absolute atomic E-state index is 0.105. The average Bonchev–Trinajstić information content (AvgIpc) is 2.49. The number of amides is 1. The van der Waals surface area contributed by atoms with E-state index in [2.05, 4.69) is 53.2 Å². The number of piperazine rings is 1. The molecule has 1 saturated heterocycles. The van der Waals surface area contributed by atoms with Gasteiger partial charge in [0.25, 0.3) is 0 Å². The highest BCUT2D eigenvalue weighted by molar-refractivity contribution is 5.77. The molecular weight excluding hydrogens is 262 g/mol. The SMILES string of the molecule is CNC(=O)CN1CCN(Cc2cccc(C(C)C)c2)CC1. The van der Waals surface area contributed by atoms with Gasteiger partial charge in [-0.2, -0.15) is 0 Å². The number of nitrogens with zero attached hydrogens (tertiary/aromatic N) is 2. The number of nitrogens with one attached hydrogen (secondary N) is 1. The van der Waals surface area contributed by atoms with Crippen molar-refractivity contribution in [3.8, 4) is 0 Å². The lowest BCUT2D eigenvalue weighted by Crippen LogP contribution is -2.48. The van der Waals surface area contributed by atoms with Crippen molar-refractivity contribution in [3.05, 3.63) is 35.4 Å². The molecule has 116 valence electrons. The molecule has 1 N–H and O–H groups in total. The van der Waals surface area contributed by atoms with Gasteiger partial charge in [0.2, 0.25) is 5.91 Å². The molecule has 1 aromatic rings. The Morgan fingerprint density at radius 1 is 1.19 bits per heavy atom. The fourth-order valence-corrected chi connectivity index (χ4v) is 2.70. The summed E-state index contributed by atoms with van der Waals surface area (Å²) in [4.78, 5) is 16.1. The summed E-state index contributed by atoms with van der Waals surface area (Å²) in [5, 5.41) is 2.69. The molecule has 4 nitrogen and oxygen atoms in total. The second kappa shape index (κ2) is 7.57. The molecule has 0 aliphatic carbocycles. The third-order valence-corrected chi connectivity index (χ3v) is 4.13. The predicted molar refractivity (Wildman–Crippen MR) is 86.3 cm³/mol. The van der Waals surface area contributed by atoms with Crippen LogP contribution in [0.2, 0.25) is 0 Å². The summed E-state index contributed by atoms with van der Waals surface area (Å²) in [5.41, 5.74) is 2.80. The Morgan fingerprint density at radius 2 is 1.86 bits per heavy atom. The molecule has 0 atom stereocenters. The van der Waals surface area contributed by atoms with E-state index in [1.54, 1.807) is 7.05 Å². The van der Waals surface area contributed by atoms with Crippen molar-refractivity contribution in [2.75, 3.05) is 39.8 Å². The first-order valence-corrected chi connectivity index (χ1v) is 7.82. The molecule has 0 aromatic heterocycles. The number of carbonyl (C=O) groups is 1. The largest absolute Gasteiger partial charge is 0.358 e. The third-order valence-electron chi connectivity index (χ3n) is 4.13. The molecule has 1 amide bonds. The van der Waals surface area contributed by atoms with Gasteiger partial charge in [-0.05, 0) is 17.0 Å². The van der Waals surface area contributed by atoms with Crippen molar-refractivity contribution in [1.29, 1.82) is 0 Å². The van der Waals surface area contributed by atoms with E-state index < -0.39 is 0 Å². The molecule has 2 rings (SSSR count). The Hall–Kier alpha value is -1.39. The lowest BCUT2D eigenvalue weighted by molar-refractivity contribution is -0.122. The Labute approximate surface area is 128 Å². The molecule has 0 radical (unpaired) electrons. The monoisotopic (exact) mass is 289 g/mol. The molecule has 4 heteroatoms. The van der Waals surface area contributed by atoms with Gasteiger partial charge in [0.15, 0.2) is 0 Å². The number of benzene rings is 1. The molecule has 1 aliphatic rings. The molecule has 21 heavy (non-hydrogen) atoms. The zero-order chi connectivity index (χ0) is 15.2. The fourth-order valence-electron chi connectivity index (χ4n) is 2.70. The van der Waals surface area contributed by atoms with Gasteiger partial charge in [-0.3, -0.25) is 14.6 Å². The summed E-state index contributed by atoms with van der Waals surface area (Å²) in [7, 11) is 1.69. The Kier molecular flexibility index (Phi) is 5.76. The first kappa shape index (κ1) is 16.0. The highest BCUT2D eigenvalue weighted by Crippen LogP contribution is 2.17. The Morgan fingerprint density at radius 3 is 2.48 bits per heavy atom. The van der Waals surface area contributed by atoms with Gasteiger partial charge in [0.1, 0.15) is 0 Å². The third kappa shape index (κ3) is 4.83. The summed E-state index contributed by atoms with van der Waals surface area (Å²) in [6.45, 7) is 10.00. The molecule has 0 spiro atoms. The second-order valence-electron chi connectivity index (χ2n) is 6.13. The summed E-state index contributed by atoms with van der Waals surface area (Å²) in [5.74, 6) is 0.683. The minimum atomic E-state index is 0.105.